The molecule has 2 saturated heterocycles. The number of fused-ring (bicyclic) bond motifs is 1. The van der Waals surface area contributed by atoms with Crippen LogP contribution in [-0.2, 0) is 14.6 Å². The predicted octanol–water partition coefficient (Wildman–Crippen LogP) is 0.146. The fourth-order valence-electron chi connectivity index (χ4n) is 4.04. The molecular weight excluding hydrogens is 264 g/mol. The molecule has 110 valence electrons. The molecule has 6 heteroatoms. The van der Waals surface area contributed by atoms with Gasteiger partial charge in [-0.1, -0.05) is 0 Å². The van der Waals surface area contributed by atoms with E-state index in [0.717, 1.165) is 19.6 Å². The van der Waals surface area contributed by atoms with Crippen LogP contribution in [0.4, 0.5) is 0 Å². The Labute approximate surface area is 115 Å². The van der Waals surface area contributed by atoms with Crippen LogP contribution < -0.4 is 5.73 Å². The first-order chi connectivity index (χ1) is 9.06. The SMILES string of the molecule is NCC1(N2CCOC3CCCC32)CCS(=O)(=O)CC1. The van der Waals surface area contributed by atoms with Gasteiger partial charge < -0.3 is 10.5 Å². The van der Waals surface area contributed by atoms with Gasteiger partial charge in [0.15, 0.2) is 0 Å². The minimum Gasteiger partial charge on any atom is -0.375 e. The number of ether oxygens (including phenoxy) is 1. The summed E-state index contributed by atoms with van der Waals surface area (Å²) in [6.07, 6.45) is 5.24. The minimum atomic E-state index is -2.84. The van der Waals surface area contributed by atoms with Crippen molar-refractivity contribution >= 4 is 9.84 Å². The number of hydrogen-bond donors (Lipinski definition) is 1. The molecule has 3 aliphatic rings. The van der Waals surface area contributed by atoms with Crippen molar-refractivity contribution in [2.45, 2.75) is 49.8 Å². The third-order valence-corrected chi connectivity index (χ3v) is 6.88. The summed E-state index contributed by atoms with van der Waals surface area (Å²) in [5, 5.41) is 0. The third kappa shape index (κ3) is 2.44. The van der Waals surface area contributed by atoms with Crippen molar-refractivity contribution in [1.29, 1.82) is 0 Å². The topological polar surface area (TPSA) is 72.6 Å². The summed E-state index contributed by atoms with van der Waals surface area (Å²) < 4.78 is 29.2. The van der Waals surface area contributed by atoms with Crippen molar-refractivity contribution in [3.8, 4) is 0 Å². The maximum absolute atomic E-state index is 11.7. The lowest BCUT2D eigenvalue weighted by Crippen LogP contribution is -2.65. The highest BCUT2D eigenvalue weighted by molar-refractivity contribution is 7.91. The van der Waals surface area contributed by atoms with Crippen molar-refractivity contribution in [1.82, 2.24) is 4.90 Å². The van der Waals surface area contributed by atoms with E-state index < -0.39 is 9.84 Å². The summed E-state index contributed by atoms with van der Waals surface area (Å²) in [6, 6.07) is 0.457. The number of rotatable bonds is 2. The summed E-state index contributed by atoms with van der Waals surface area (Å²) >= 11 is 0. The fourth-order valence-corrected chi connectivity index (χ4v) is 5.63. The first kappa shape index (κ1) is 13.8. The Balaban J connectivity index is 1.81. The van der Waals surface area contributed by atoms with Gasteiger partial charge in [-0.15, -0.1) is 0 Å². The first-order valence-corrected chi connectivity index (χ1v) is 9.17. The van der Waals surface area contributed by atoms with Gasteiger partial charge in [-0.3, -0.25) is 4.90 Å². The monoisotopic (exact) mass is 288 g/mol. The lowest BCUT2D eigenvalue weighted by atomic mass is 9.87. The summed E-state index contributed by atoms with van der Waals surface area (Å²) in [5.41, 5.74) is 5.95. The van der Waals surface area contributed by atoms with E-state index in [9.17, 15) is 8.42 Å². The van der Waals surface area contributed by atoms with Gasteiger partial charge in [0.2, 0.25) is 0 Å². The highest BCUT2D eigenvalue weighted by Crippen LogP contribution is 2.38. The van der Waals surface area contributed by atoms with Gasteiger partial charge in [0.25, 0.3) is 0 Å². The quantitative estimate of drug-likeness (QED) is 0.783. The Bertz CT molecular complexity index is 423. The zero-order chi connectivity index (χ0) is 13.5. The average Bonchev–Trinajstić information content (AvgIpc) is 2.88. The van der Waals surface area contributed by atoms with Gasteiger partial charge in [-0.05, 0) is 32.1 Å². The fraction of sp³-hybridized carbons (Fsp3) is 1.00. The smallest absolute Gasteiger partial charge is 0.150 e. The standard InChI is InChI=1S/C13H24N2O3S/c14-10-13(4-8-19(16,17)9-5-13)15-6-7-18-12-3-1-2-11(12)15/h11-12H,1-10,14H2. The van der Waals surface area contributed by atoms with Gasteiger partial charge in [-0.25, -0.2) is 8.42 Å². The van der Waals surface area contributed by atoms with E-state index in [1.165, 1.54) is 12.8 Å². The zero-order valence-corrected chi connectivity index (χ0v) is 12.2. The molecule has 2 atom stereocenters. The summed E-state index contributed by atoms with van der Waals surface area (Å²) in [4.78, 5) is 2.50. The molecule has 19 heavy (non-hydrogen) atoms. The second-order valence-corrected chi connectivity index (χ2v) is 8.48. The van der Waals surface area contributed by atoms with Gasteiger partial charge >= 0.3 is 0 Å². The predicted molar refractivity (Wildman–Crippen MR) is 73.8 cm³/mol. The van der Waals surface area contributed by atoms with Crippen LogP contribution in [0.1, 0.15) is 32.1 Å². The van der Waals surface area contributed by atoms with E-state index in [-0.39, 0.29) is 5.54 Å². The van der Waals surface area contributed by atoms with Gasteiger partial charge in [0.05, 0.1) is 24.2 Å². The zero-order valence-electron chi connectivity index (χ0n) is 11.4. The Morgan fingerprint density at radius 2 is 2.00 bits per heavy atom. The molecule has 2 N–H and O–H groups in total. The molecule has 2 heterocycles. The van der Waals surface area contributed by atoms with Crippen LogP contribution in [0.5, 0.6) is 0 Å². The molecule has 5 nitrogen and oxygen atoms in total. The van der Waals surface area contributed by atoms with E-state index >= 15 is 0 Å². The lowest BCUT2D eigenvalue weighted by Gasteiger charge is -2.52. The normalized spacial score (nSPS) is 37.9. The maximum Gasteiger partial charge on any atom is 0.150 e. The number of sulfone groups is 1. The van der Waals surface area contributed by atoms with Crippen LogP contribution in [0.25, 0.3) is 0 Å². The molecule has 0 aromatic heterocycles. The van der Waals surface area contributed by atoms with Crippen LogP contribution in [0.2, 0.25) is 0 Å². The number of nitrogens with zero attached hydrogens (tertiary/aromatic N) is 1. The molecule has 2 unspecified atom stereocenters. The van der Waals surface area contributed by atoms with E-state index in [1.54, 1.807) is 0 Å². The van der Waals surface area contributed by atoms with E-state index in [0.29, 0.717) is 43.0 Å². The van der Waals surface area contributed by atoms with E-state index in [4.69, 9.17) is 10.5 Å². The number of morpholine rings is 1. The minimum absolute atomic E-state index is 0.109. The molecule has 0 amide bonds. The molecule has 0 aromatic rings. The van der Waals surface area contributed by atoms with Crippen molar-refractivity contribution in [3.05, 3.63) is 0 Å². The second kappa shape index (κ2) is 4.98. The maximum atomic E-state index is 11.7. The highest BCUT2D eigenvalue weighted by Gasteiger charge is 2.48. The Morgan fingerprint density at radius 1 is 1.26 bits per heavy atom. The van der Waals surface area contributed by atoms with Crippen LogP contribution in [0, 0.1) is 0 Å². The van der Waals surface area contributed by atoms with E-state index in [2.05, 4.69) is 4.90 Å². The Morgan fingerprint density at radius 3 is 2.68 bits per heavy atom. The third-order valence-electron chi connectivity index (χ3n) is 5.23. The average molecular weight is 288 g/mol. The summed E-state index contributed by atoms with van der Waals surface area (Å²) in [5.74, 6) is 0.581. The molecule has 0 bridgehead atoms. The summed E-state index contributed by atoms with van der Waals surface area (Å²) in [6.45, 7) is 2.22. The van der Waals surface area contributed by atoms with Crippen LogP contribution in [0.3, 0.4) is 0 Å². The largest absolute Gasteiger partial charge is 0.375 e. The molecule has 0 radical (unpaired) electrons. The van der Waals surface area contributed by atoms with Crippen LogP contribution >= 0.6 is 0 Å². The second-order valence-electron chi connectivity index (χ2n) is 6.18. The van der Waals surface area contributed by atoms with Gasteiger partial charge in [0, 0.05) is 24.7 Å². The molecule has 3 rings (SSSR count). The van der Waals surface area contributed by atoms with Crippen molar-refractivity contribution in [2.75, 3.05) is 31.2 Å². The summed E-state index contributed by atoms with van der Waals surface area (Å²) in [7, 11) is -2.84. The lowest BCUT2D eigenvalue weighted by molar-refractivity contribution is -0.0999. The number of hydrogen-bond acceptors (Lipinski definition) is 5. The molecule has 2 aliphatic heterocycles. The molecular formula is C13H24N2O3S. The first-order valence-electron chi connectivity index (χ1n) is 7.35. The molecule has 1 aliphatic carbocycles. The highest BCUT2D eigenvalue weighted by atomic mass is 32.2. The van der Waals surface area contributed by atoms with Crippen molar-refractivity contribution in [3.63, 3.8) is 0 Å². The van der Waals surface area contributed by atoms with Gasteiger partial charge in [0.1, 0.15) is 9.84 Å². The Kier molecular flexibility index (Phi) is 3.62. The van der Waals surface area contributed by atoms with E-state index in [1.807, 2.05) is 0 Å². The van der Waals surface area contributed by atoms with Crippen molar-refractivity contribution < 1.29 is 13.2 Å². The van der Waals surface area contributed by atoms with Crippen LogP contribution in [0.15, 0.2) is 0 Å². The van der Waals surface area contributed by atoms with Crippen molar-refractivity contribution in [2.24, 2.45) is 5.73 Å². The van der Waals surface area contributed by atoms with Crippen LogP contribution in [-0.4, -0.2) is 62.2 Å². The Hall–Kier alpha value is -0.170. The van der Waals surface area contributed by atoms with Gasteiger partial charge in [-0.2, -0.15) is 0 Å². The molecule has 0 aromatic carbocycles. The molecule has 0 spiro atoms. The molecule has 1 saturated carbocycles. The molecule has 3 fully saturated rings. The number of nitrogens with two attached hydrogens (primary N) is 1.